The zero-order chi connectivity index (χ0) is 14.0. The highest BCUT2D eigenvalue weighted by Crippen LogP contribution is 2.22. The number of nitrogens with zero attached hydrogens (tertiary/aromatic N) is 1. The van der Waals surface area contributed by atoms with E-state index in [9.17, 15) is 13.2 Å². The molecule has 0 radical (unpaired) electrons. The van der Waals surface area contributed by atoms with Crippen LogP contribution in [-0.4, -0.2) is 44.9 Å². The highest BCUT2D eigenvalue weighted by Gasteiger charge is 2.31. The average Bonchev–Trinajstić information content (AvgIpc) is 2.88. The fourth-order valence-electron chi connectivity index (χ4n) is 1.91. The second kappa shape index (κ2) is 6.57. The van der Waals surface area contributed by atoms with E-state index < -0.39 is 16.0 Å². The number of halogens is 1. The first-order valence-electron chi connectivity index (χ1n) is 5.89. The van der Waals surface area contributed by atoms with Gasteiger partial charge in [0.05, 0.1) is 7.11 Å². The van der Waals surface area contributed by atoms with Crippen LogP contribution in [0.5, 0.6) is 0 Å². The van der Waals surface area contributed by atoms with Crippen molar-refractivity contribution in [2.45, 2.75) is 24.0 Å². The molecule has 2 rings (SSSR count). The van der Waals surface area contributed by atoms with Crippen molar-refractivity contribution >= 4 is 28.4 Å². The molecule has 0 aliphatic carbocycles. The largest absolute Gasteiger partial charge is 0.463 e. The van der Waals surface area contributed by atoms with Crippen LogP contribution in [0, 0.1) is 0 Å². The van der Waals surface area contributed by atoms with E-state index in [0.29, 0.717) is 25.9 Å². The quantitative estimate of drug-likeness (QED) is 0.817. The van der Waals surface area contributed by atoms with Gasteiger partial charge in [-0.1, -0.05) is 0 Å². The summed E-state index contributed by atoms with van der Waals surface area (Å²) in [5.41, 5.74) is 5.73. The highest BCUT2D eigenvalue weighted by atomic mass is 35.5. The number of sulfonamides is 1. The van der Waals surface area contributed by atoms with Crippen molar-refractivity contribution in [3.63, 3.8) is 0 Å². The molecule has 1 saturated heterocycles. The molecule has 20 heavy (non-hydrogen) atoms. The van der Waals surface area contributed by atoms with Gasteiger partial charge in [0.2, 0.25) is 10.9 Å². The van der Waals surface area contributed by atoms with Crippen molar-refractivity contribution in [1.82, 2.24) is 4.31 Å². The van der Waals surface area contributed by atoms with Gasteiger partial charge in [0, 0.05) is 19.1 Å². The molecule has 1 aliphatic heterocycles. The number of esters is 1. The summed E-state index contributed by atoms with van der Waals surface area (Å²) in [5.74, 6) is -0.836. The van der Waals surface area contributed by atoms with Gasteiger partial charge < -0.3 is 14.9 Å². The van der Waals surface area contributed by atoms with Gasteiger partial charge in [0.15, 0.2) is 0 Å². The molecule has 2 N–H and O–H groups in total. The van der Waals surface area contributed by atoms with Gasteiger partial charge in [-0.25, -0.2) is 13.2 Å². The summed E-state index contributed by atoms with van der Waals surface area (Å²) in [6.45, 7) is 0.718. The fraction of sp³-hybridized carbons (Fsp3) is 0.545. The standard InChI is InChI=1S/C11H16N2O5S.ClH/c1-17-11(14)9-2-3-10(18-9)19(15,16)13-6-4-8(12)5-7-13;/h2-3,8H,4-7,12H2,1H3;1H. The highest BCUT2D eigenvalue weighted by molar-refractivity contribution is 7.89. The Labute approximate surface area is 123 Å². The maximum absolute atomic E-state index is 12.3. The van der Waals surface area contributed by atoms with E-state index in [4.69, 9.17) is 10.2 Å². The molecule has 1 aromatic rings. The number of furan rings is 1. The van der Waals surface area contributed by atoms with Crippen LogP contribution >= 0.6 is 12.4 Å². The summed E-state index contributed by atoms with van der Waals surface area (Å²) in [4.78, 5) is 11.2. The van der Waals surface area contributed by atoms with E-state index in [-0.39, 0.29) is 29.3 Å². The third-order valence-electron chi connectivity index (χ3n) is 3.06. The van der Waals surface area contributed by atoms with E-state index in [1.165, 1.54) is 23.5 Å². The summed E-state index contributed by atoms with van der Waals surface area (Å²) in [7, 11) is -2.50. The molecule has 0 unspecified atom stereocenters. The van der Waals surface area contributed by atoms with Crippen LogP contribution in [0.2, 0.25) is 0 Å². The van der Waals surface area contributed by atoms with E-state index in [2.05, 4.69) is 4.74 Å². The second-order valence-corrected chi connectivity index (χ2v) is 6.22. The SMILES string of the molecule is COC(=O)c1ccc(S(=O)(=O)N2CCC(N)CC2)o1.Cl. The molecule has 0 aromatic carbocycles. The Morgan fingerprint density at radius 2 is 2.00 bits per heavy atom. The summed E-state index contributed by atoms with van der Waals surface area (Å²) in [5, 5.41) is -0.247. The minimum absolute atomic E-state index is 0. The number of hydrogen-bond donors (Lipinski definition) is 1. The number of nitrogens with two attached hydrogens (primary N) is 1. The number of piperidine rings is 1. The zero-order valence-electron chi connectivity index (χ0n) is 10.9. The molecule has 0 amide bonds. The van der Waals surface area contributed by atoms with Crippen LogP contribution in [0.15, 0.2) is 21.6 Å². The molecule has 9 heteroatoms. The molecular formula is C11H17ClN2O5S. The number of methoxy groups -OCH3 is 1. The number of rotatable bonds is 3. The topological polar surface area (TPSA) is 103 Å². The Kier molecular flexibility index (Phi) is 5.58. The van der Waals surface area contributed by atoms with Crippen LogP contribution in [0.4, 0.5) is 0 Å². The van der Waals surface area contributed by atoms with Crippen LogP contribution < -0.4 is 5.73 Å². The maximum atomic E-state index is 12.3. The predicted molar refractivity (Wildman–Crippen MR) is 73.3 cm³/mol. The zero-order valence-corrected chi connectivity index (χ0v) is 12.6. The molecule has 114 valence electrons. The van der Waals surface area contributed by atoms with Gasteiger partial charge >= 0.3 is 5.97 Å². The van der Waals surface area contributed by atoms with E-state index in [1.54, 1.807) is 0 Å². The number of ether oxygens (including phenoxy) is 1. The Bertz CT molecular complexity index is 563. The summed E-state index contributed by atoms with van der Waals surface area (Å²) in [6.07, 6.45) is 1.23. The molecule has 1 fully saturated rings. The molecule has 2 heterocycles. The van der Waals surface area contributed by atoms with Gasteiger partial charge in [-0.05, 0) is 25.0 Å². The lowest BCUT2D eigenvalue weighted by molar-refractivity contribution is 0.0558. The molecular weight excluding hydrogens is 308 g/mol. The Morgan fingerprint density at radius 3 is 2.55 bits per heavy atom. The molecule has 1 aliphatic rings. The molecule has 0 atom stereocenters. The van der Waals surface area contributed by atoms with Crippen LogP contribution in [0.3, 0.4) is 0 Å². The van der Waals surface area contributed by atoms with E-state index in [0.717, 1.165) is 0 Å². The monoisotopic (exact) mass is 324 g/mol. The molecule has 7 nitrogen and oxygen atoms in total. The van der Waals surface area contributed by atoms with E-state index >= 15 is 0 Å². The first kappa shape index (κ1) is 17.0. The molecule has 0 bridgehead atoms. The van der Waals surface area contributed by atoms with Gasteiger partial charge in [0.1, 0.15) is 0 Å². The average molecular weight is 325 g/mol. The summed E-state index contributed by atoms with van der Waals surface area (Å²) in [6, 6.07) is 2.58. The van der Waals surface area contributed by atoms with Crippen molar-refractivity contribution in [3.8, 4) is 0 Å². The number of carbonyl (C=O) groups is 1. The fourth-order valence-corrected chi connectivity index (χ4v) is 3.29. The van der Waals surface area contributed by atoms with Crippen molar-refractivity contribution in [1.29, 1.82) is 0 Å². The normalized spacial score (nSPS) is 17.5. The summed E-state index contributed by atoms with van der Waals surface area (Å²) >= 11 is 0. The second-order valence-electron chi connectivity index (χ2n) is 4.35. The Morgan fingerprint density at radius 1 is 1.40 bits per heavy atom. The third kappa shape index (κ3) is 3.32. The molecule has 0 spiro atoms. The maximum Gasteiger partial charge on any atom is 0.374 e. The number of carbonyl (C=O) groups excluding carboxylic acids is 1. The minimum atomic E-state index is -3.70. The lowest BCUT2D eigenvalue weighted by Crippen LogP contribution is -2.42. The van der Waals surface area contributed by atoms with Gasteiger partial charge in [-0.15, -0.1) is 12.4 Å². The van der Waals surface area contributed by atoms with Crippen LogP contribution in [-0.2, 0) is 14.8 Å². The Hall–Kier alpha value is -1.09. The van der Waals surface area contributed by atoms with Gasteiger partial charge in [-0.2, -0.15) is 4.31 Å². The molecule has 0 saturated carbocycles. The van der Waals surface area contributed by atoms with Gasteiger partial charge in [0.25, 0.3) is 10.0 Å². The lowest BCUT2D eigenvalue weighted by Gasteiger charge is -2.28. The molecule has 1 aromatic heterocycles. The van der Waals surface area contributed by atoms with Crippen LogP contribution in [0.1, 0.15) is 23.4 Å². The van der Waals surface area contributed by atoms with Crippen molar-refractivity contribution < 1.29 is 22.4 Å². The van der Waals surface area contributed by atoms with Crippen molar-refractivity contribution in [2.24, 2.45) is 5.73 Å². The third-order valence-corrected chi connectivity index (χ3v) is 4.83. The lowest BCUT2D eigenvalue weighted by atomic mass is 10.1. The van der Waals surface area contributed by atoms with Gasteiger partial charge in [-0.3, -0.25) is 0 Å². The van der Waals surface area contributed by atoms with Crippen molar-refractivity contribution in [2.75, 3.05) is 20.2 Å². The predicted octanol–water partition coefficient (Wildman–Crippen LogP) is 0.600. The Balaban J connectivity index is 0.00000200. The summed E-state index contributed by atoms with van der Waals surface area (Å²) < 4.78 is 35.3. The minimum Gasteiger partial charge on any atom is -0.463 e. The smallest absolute Gasteiger partial charge is 0.374 e. The first-order valence-corrected chi connectivity index (χ1v) is 7.33. The number of hydrogen-bond acceptors (Lipinski definition) is 6. The van der Waals surface area contributed by atoms with Crippen molar-refractivity contribution in [3.05, 3.63) is 17.9 Å². The van der Waals surface area contributed by atoms with E-state index in [1.807, 2.05) is 0 Å². The van der Waals surface area contributed by atoms with Crippen LogP contribution in [0.25, 0.3) is 0 Å². The first-order chi connectivity index (χ1) is 8.95.